The Morgan fingerprint density at radius 3 is 1.41 bits per heavy atom. The molecule has 22 heavy (non-hydrogen) atoms. The van der Waals surface area contributed by atoms with Gasteiger partial charge in [0.2, 0.25) is 6.55 Å². The normalized spacial score (nSPS) is 10.6. The number of hydrogen-bond acceptors (Lipinski definition) is 3. The summed E-state index contributed by atoms with van der Waals surface area (Å²) in [5.74, 6) is 0.917. The van der Waals surface area contributed by atoms with Gasteiger partial charge in [0.15, 0.2) is 0 Å². The second-order valence-corrected chi connectivity index (χ2v) is 10.2. The van der Waals surface area contributed by atoms with Crippen LogP contribution in [0.3, 0.4) is 0 Å². The minimum Gasteiger partial charge on any atom is -0.452 e. The van der Waals surface area contributed by atoms with Gasteiger partial charge in [0.1, 0.15) is 5.75 Å². The molecular weight excluding hydrogens is 327 g/mol. The Labute approximate surface area is 140 Å². The van der Waals surface area contributed by atoms with Crippen LogP contribution >= 0.6 is 29.3 Å². The van der Waals surface area contributed by atoms with Gasteiger partial charge in [-0.15, -0.1) is 0 Å². The van der Waals surface area contributed by atoms with Crippen LogP contribution in [0.2, 0.25) is 0 Å². The molecule has 0 amide bonds. The molecule has 0 aliphatic rings. The van der Waals surface area contributed by atoms with Gasteiger partial charge in [0, 0.05) is 9.79 Å². The Kier molecular flexibility index (Phi) is 5.83. The summed E-state index contributed by atoms with van der Waals surface area (Å²) in [7, 11) is 0. The summed E-state index contributed by atoms with van der Waals surface area (Å²) in [5.41, 5.74) is 0. The second kappa shape index (κ2) is 8.28. The van der Waals surface area contributed by atoms with Crippen molar-refractivity contribution < 1.29 is 4.52 Å². The van der Waals surface area contributed by atoms with Crippen molar-refractivity contribution in [1.29, 1.82) is 0 Å². The zero-order valence-corrected chi connectivity index (χ0v) is 14.4. The fraction of sp³-hybridized carbons (Fsp3) is 0. The molecule has 3 aromatic rings. The average Bonchev–Trinajstić information content (AvgIpc) is 2.57. The topological polar surface area (TPSA) is 9.23 Å². The SMILES string of the molecule is c1ccc(OP(Sc2ccccc2)Sc2ccccc2)cc1. The molecule has 3 aromatic carbocycles. The second-order valence-electron chi connectivity index (χ2n) is 4.44. The van der Waals surface area contributed by atoms with Gasteiger partial charge in [-0.05, 0) is 59.2 Å². The highest BCUT2D eigenvalue weighted by molar-refractivity contribution is 8.87. The van der Waals surface area contributed by atoms with Crippen molar-refractivity contribution in [3.63, 3.8) is 0 Å². The van der Waals surface area contributed by atoms with Gasteiger partial charge in [0.05, 0.1) is 0 Å². The smallest absolute Gasteiger partial charge is 0.219 e. The lowest BCUT2D eigenvalue weighted by atomic mass is 10.3. The molecule has 0 spiro atoms. The molecule has 4 heteroatoms. The molecule has 0 bridgehead atoms. The largest absolute Gasteiger partial charge is 0.452 e. The monoisotopic (exact) mass is 342 g/mol. The summed E-state index contributed by atoms with van der Waals surface area (Å²) in [6.07, 6.45) is 0. The van der Waals surface area contributed by atoms with E-state index in [-0.39, 0.29) is 0 Å². The highest BCUT2D eigenvalue weighted by Crippen LogP contribution is 2.66. The molecule has 0 saturated carbocycles. The number of para-hydroxylation sites is 1. The summed E-state index contributed by atoms with van der Waals surface area (Å²) in [6, 6.07) is 30.8. The Bertz CT molecular complexity index is 579. The molecular formula is C18H15OPS2. The van der Waals surface area contributed by atoms with Crippen LogP contribution in [-0.2, 0) is 0 Å². The van der Waals surface area contributed by atoms with E-state index in [1.807, 2.05) is 42.5 Å². The lowest BCUT2D eigenvalue weighted by molar-refractivity contribution is 0.639. The van der Waals surface area contributed by atoms with Crippen molar-refractivity contribution in [1.82, 2.24) is 0 Å². The summed E-state index contributed by atoms with van der Waals surface area (Å²) in [5, 5.41) is 0. The van der Waals surface area contributed by atoms with E-state index in [1.54, 1.807) is 22.8 Å². The third kappa shape index (κ3) is 4.81. The molecule has 1 nitrogen and oxygen atoms in total. The van der Waals surface area contributed by atoms with Crippen LogP contribution in [0.5, 0.6) is 5.75 Å². The predicted octanol–water partition coefficient (Wildman–Crippen LogP) is 6.88. The van der Waals surface area contributed by atoms with E-state index in [0.29, 0.717) is 0 Å². The first-order chi connectivity index (χ1) is 10.9. The highest BCUT2D eigenvalue weighted by Gasteiger charge is 2.15. The molecule has 0 aromatic heterocycles. The lowest BCUT2D eigenvalue weighted by Crippen LogP contribution is -1.82. The Hall–Kier alpha value is -1.41. The zero-order chi connectivity index (χ0) is 15.0. The Morgan fingerprint density at radius 1 is 0.545 bits per heavy atom. The summed E-state index contributed by atoms with van der Waals surface area (Å²) in [6.45, 7) is -0.756. The van der Waals surface area contributed by atoms with Crippen molar-refractivity contribution >= 4 is 29.3 Å². The molecule has 0 aliphatic carbocycles. The van der Waals surface area contributed by atoms with Crippen molar-refractivity contribution in [2.45, 2.75) is 9.79 Å². The molecule has 3 rings (SSSR count). The first-order valence-corrected chi connectivity index (χ1v) is 11.0. The lowest BCUT2D eigenvalue weighted by Gasteiger charge is -2.16. The van der Waals surface area contributed by atoms with Crippen LogP contribution in [-0.4, -0.2) is 0 Å². The van der Waals surface area contributed by atoms with E-state index in [9.17, 15) is 0 Å². The van der Waals surface area contributed by atoms with Crippen LogP contribution in [0.15, 0.2) is 101 Å². The molecule has 110 valence electrons. The van der Waals surface area contributed by atoms with E-state index in [0.717, 1.165) is 5.75 Å². The minimum atomic E-state index is -0.756. The van der Waals surface area contributed by atoms with Crippen LogP contribution in [0.1, 0.15) is 0 Å². The fourth-order valence-corrected chi connectivity index (χ4v) is 7.57. The van der Waals surface area contributed by atoms with Gasteiger partial charge in [-0.2, -0.15) is 0 Å². The number of rotatable bonds is 6. The third-order valence-electron chi connectivity index (χ3n) is 2.77. The maximum absolute atomic E-state index is 6.21. The first-order valence-electron chi connectivity index (χ1n) is 6.89. The van der Waals surface area contributed by atoms with Crippen LogP contribution < -0.4 is 4.52 Å². The Morgan fingerprint density at radius 2 is 0.955 bits per heavy atom. The first kappa shape index (κ1) is 15.5. The summed E-state index contributed by atoms with van der Waals surface area (Å²) in [4.78, 5) is 2.46. The van der Waals surface area contributed by atoms with Gasteiger partial charge in [-0.25, -0.2) is 0 Å². The molecule has 0 heterocycles. The number of benzene rings is 3. The molecule has 0 N–H and O–H groups in total. The third-order valence-corrected chi connectivity index (χ3v) is 8.34. The van der Waals surface area contributed by atoms with Crippen molar-refractivity contribution in [3.8, 4) is 5.75 Å². The molecule has 0 aliphatic heterocycles. The van der Waals surface area contributed by atoms with Gasteiger partial charge >= 0.3 is 0 Å². The predicted molar refractivity (Wildman–Crippen MR) is 98.6 cm³/mol. The standard InChI is InChI=1S/C18H15OPS2/c1-4-10-16(11-5-1)19-20(21-17-12-6-2-7-13-17)22-18-14-8-3-9-15-18/h1-15H. The molecule has 0 atom stereocenters. The minimum absolute atomic E-state index is 0.756. The van der Waals surface area contributed by atoms with Crippen LogP contribution in [0.4, 0.5) is 0 Å². The average molecular weight is 342 g/mol. The van der Waals surface area contributed by atoms with Crippen molar-refractivity contribution in [2.75, 3.05) is 0 Å². The van der Waals surface area contributed by atoms with Crippen molar-refractivity contribution in [3.05, 3.63) is 91.0 Å². The van der Waals surface area contributed by atoms with Gasteiger partial charge in [-0.3, -0.25) is 0 Å². The Balaban J connectivity index is 1.75. The van der Waals surface area contributed by atoms with E-state index in [2.05, 4.69) is 48.5 Å². The van der Waals surface area contributed by atoms with E-state index >= 15 is 0 Å². The fourth-order valence-electron chi connectivity index (χ4n) is 1.76. The quantitative estimate of drug-likeness (QED) is 0.452. The van der Waals surface area contributed by atoms with E-state index < -0.39 is 6.55 Å². The summed E-state index contributed by atoms with van der Waals surface area (Å²) >= 11 is 3.57. The van der Waals surface area contributed by atoms with Crippen LogP contribution in [0.25, 0.3) is 0 Å². The van der Waals surface area contributed by atoms with Crippen molar-refractivity contribution in [2.24, 2.45) is 0 Å². The molecule has 0 fully saturated rings. The zero-order valence-electron chi connectivity index (χ0n) is 11.8. The van der Waals surface area contributed by atoms with Gasteiger partial charge < -0.3 is 4.52 Å². The highest BCUT2D eigenvalue weighted by atomic mass is 33.1. The van der Waals surface area contributed by atoms with Gasteiger partial charge in [-0.1, -0.05) is 54.6 Å². The van der Waals surface area contributed by atoms with Gasteiger partial charge in [0.25, 0.3) is 0 Å². The van der Waals surface area contributed by atoms with Crippen LogP contribution in [0, 0.1) is 0 Å². The molecule has 0 unspecified atom stereocenters. The molecule has 0 saturated heterocycles. The number of hydrogen-bond donors (Lipinski definition) is 0. The summed E-state index contributed by atoms with van der Waals surface area (Å²) < 4.78 is 6.21. The maximum atomic E-state index is 6.21. The molecule has 0 radical (unpaired) electrons. The van der Waals surface area contributed by atoms with E-state index in [4.69, 9.17) is 4.52 Å². The van der Waals surface area contributed by atoms with E-state index in [1.165, 1.54) is 9.79 Å². The maximum Gasteiger partial charge on any atom is 0.219 e.